The van der Waals surface area contributed by atoms with Crippen molar-refractivity contribution in [3.8, 4) is 22.3 Å². The molecule has 0 heterocycles. The summed E-state index contributed by atoms with van der Waals surface area (Å²) in [5.74, 6) is 1.82. The second-order valence-electron chi connectivity index (χ2n) is 24.1. The minimum absolute atomic E-state index is 0.447. The third-order valence-corrected chi connectivity index (χ3v) is 18.9. The largest absolute Gasteiger partial charge is 0.0610 e. The summed E-state index contributed by atoms with van der Waals surface area (Å²) < 4.78 is 0. The van der Waals surface area contributed by atoms with Crippen LogP contribution < -0.4 is 0 Å². The van der Waals surface area contributed by atoms with Crippen LogP contribution in [-0.4, -0.2) is 0 Å². The van der Waals surface area contributed by atoms with Crippen molar-refractivity contribution in [3.05, 3.63) is 192 Å². The summed E-state index contributed by atoms with van der Waals surface area (Å²) in [4.78, 5) is 0. The molecule has 0 saturated heterocycles. The third-order valence-electron chi connectivity index (χ3n) is 18.9. The van der Waals surface area contributed by atoms with Crippen molar-refractivity contribution in [1.82, 2.24) is 0 Å². The van der Waals surface area contributed by atoms with Gasteiger partial charge in [-0.15, -0.1) is 0 Å². The van der Waals surface area contributed by atoms with Crippen molar-refractivity contribution in [2.75, 3.05) is 0 Å². The van der Waals surface area contributed by atoms with Gasteiger partial charge in [-0.3, -0.25) is 0 Å². The van der Waals surface area contributed by atoms with Gasteiger partial charge in [-0.1, -0.05) is 225 Å². The molecule has 0 atom stereocenters. The van der Waals surface area contributed by atoms with E-state index in [-0.39, 0.29) is 0 Å². The van der Waals surface area contributed by atoms with Crippen LogP contribution in [0.2, 0.25) is 0 Å². The Kier molecular flexibility index (Phi) is 8.34. The van der Waals surface area contributed by atoms with E-state index < -0.39 is 0 Å². The van der Waals surface area contributed by atoms with E-state index in [1.807, 2.05) is 0 Å². The van der Waals surface area contributed by atoms with Crippen molar-refractivity contribution < 1.29 is 0 Å². The Balaban J connectivity index is 1.04. The van der Waals surface area contributed by atoms with Crippen LogP contribution in [0, 0.1) is 0 Å². The molecule has 360 valence electrons. The van der Waals surface area contributed by atoms with Crippen LogP contribution in [0.3, 0.4) is 0 Å². The monoisotopic (exact) mass is 968 g/mol. The van der Waals surface area contributed by atoms with Gasteiger partial charge in [-0.25, -0.2) is 0 Å². The molecule has 0 aliphatic carbocycles. The Morgan fingerprint density at radius 2 is 0.421 bits per heavy atom. The molecule has 17 aromatic carbocycles. The lowest BCUT2D eigenvalue weighted by molar-refractivity contribution is 0.867. The Morgan fingerprint density at radius 3 is 0.776 bits per heavy atom. The zero-order chi connectivity index (χ0) is 50.9. The first-order valence-electron chi connectivity index (χ1n) is 28.0. The summed E-state index contributed by atoms with van der Waals surface area (Å²) in [7, 11) is 0. The standard InChI is InChI=1S/C76H56/c1-37(2)41-15-19-43(20-16-41)63-55-13-9-11-47-61-35-45(39(5)6)23-25-53(61)71(67(47)55)75-59-33-29-51-50-28-32-58-70-60(34-30-52(66(50)70)49-27-31-57(73(63)75)69(59)65(49)51)76-72-54-26-24-46(40(7)8)36-62(54)48-12-10-14-56(68(48)72)64(74(58)76)44-21-17-42(18-22-44)38(3)4/h9-40H,1-8H3. The Bertz CT molecular complexity index is 4940. The lowest BCUT2D eigenvalue weighted by atomic mass is 9.87. The number of benzene rings is 13. The van der Waals surface area contributed by atoms with Gasteiger partial charge in [0.15, 0.2) is 0 Å². The van der Waals surface area contributed by atoms with Gasteiger partial charge in [0, 0.05) is 0 Å². The summed E-state index contributed by atoms with van der Waals surface area (Å²) in [6.45, 7) is 18.5. The van der Waals surface area contributed by atoms with Crippen molar-refractivity contribution in [2.24, 2.45) is 0 Å². The highest BCUT2D eigenvalue weighted by Gasteiger charge is 2.30. The highest BCUT2D eigenvalue weighted by molar-refractivity contribution is 6.54. The first-order valence-corrected chi connectivity index (χ1v) is 28.0. The molecule has 0 aliphatic rings. The Morgan fingerprint density at radius 1 is 0.184 bits per heavy atom. The zero-order valence-electron chi connectivity index (χ0n) is 44.5. The van der Waals surface area contributed by atoms with Gasteiger partial charge >= 0.3 is 0 Å². The maximum atomic E-state index is 2.51. The lowest BCUT2D eigenvalue weighted by Gasteiger charge is -2.15. The molecule has 0 saturated carbocycles. The normalized spacial score (nSPS) is 13.2. The first-order chi connectivity index (χ1) is 37.0. The Hall–Kier alpha value is -8.32. The van der Waals surface area contributed by atoms with Gasteiger partial charge < -0.3 is 0 Å². The van der Waals surface area contributed by atoms with E-state index in [0.717, 1.165) is 0 Å². The molecule has 0 radical (unpaired) electrons. The fraction of sp³-hybridized carbons (Fsp3) is 0.158. The summed E-state index contributed by atoms with van der Waals surface area (Å²) in [6.07, 6.45) is 0. The molecule has 17 aromatic rings. The molecule has 0 spiro atoms. The van der Waals surface area contributed by atoms with Crippen molar-refractivity contribution in [2.45, 2.75) is 79.1 Å². The second-order valence-corrected chi connectivity index (χ2v) is 24.1. The second kappa shape index (κ2) is 14.7. The van der Waals surface area contributed by atoms with E-state index in [2.05, 4.69) is 225 Å². The first kappa shape index (κ1) is 43.0. The predicted octanol–water partition coefficient (Wildman–Crippen LogP) is 22.8. The van der Waals surface area contributed by atoms with Crippen LogP contribution in [0.15, 0.2) is 170 Å². The van der Waals surface area contributed by atoms with Crippen LogP contribution in [-0.2, 0) is 0 Å². The molecule has 0 nitrogen and oxygen atoms in total. The van der Waals surface area contributed by atoms with Gasteiger partial charge in [-0.2, -0.15) is 0 Å². The van der Waals surface area contributed by atoms with Crippen LogP contribution in [0.4, 0.5) is 0 Å². The fourth-order valence-electron chi connectivity index (χ4n) is 15.3. The predicted molar refractivity (Wildman–Crippen MR) is 335 cm³/mol. The molecule has 0 aromatic heterocycles. The van der Waals surface area contributed by atoms with Crippen LogP contribution in [0.1, 0.15) is 101 Å². The molecule has 0 amide bonds. The third kappa shape index (κ3) is 5.21. The Labute approximate surface area is 441 Å². The lowest BCUT2D eigenvalue weighted by Crippen LogP contribution is -1.89. The highest BCUT2D eigenvalue weighted by Crippen LogP contribution is 2.58. The zero-order valence-corrected chi connectivity index (χ0v) is 44.5. The van der Waals surface area contributed by atoms with E-state index in [4.69, 9.17) is 0 Å². The van der Waals surface area contributed by atoms with Gasteiger partial charge in [-0.05, 0) is 219 Å². The van der Waals surface area contributed by atoms with Gasteiger partial charge in [0.2, 0.25) is 0 Å². The van der Waals surface area contributed by atoms with Crippen molar-refractivity contribution >= 4 is 151 Å². The van der Waals surface area contributed by atoms with Gasteiger partial charge in [0.25, 0.3) is 0 Å². The van der Waals surface area contributed by atoms with E-state index >= 15 is 0 Å². The average molecular weight is 969 g/mol. The molecule has 76 heavy (non-hydrogen) atoms. The summed E-state index contributed by atoms with van der Waals surface area (Å²) in [6, 6.07) is 67.9. The summed E-state index contributed by atoms with van der Waals surface area (Å²) in [5.41, 5.74) is 10.8. The fourth-order valence-corrected chi connectivity index (χ4v) is 15.3. The molecular formula is C76H56. The van der Waals surface area contributed by atoms with E-state index in [0.29, 0.717) is 23.7 Å². The quantitative estimate of drug-likeness (QED) is 0.115. The minimum Gasteiger partial charge on any atom is -0.0610 e. The van der Waals surface area contributed by atoms with E-state index in [9.17, 15) is 0 Å². The van der Waals surface area contributed by atoms with E-state index in [1.165, 1.54) is 195 Å². The highest BCUT2D eigenvalue weighted by atomic mass is 14.3. The summed E-state index contributed by atoms with van der Waals surface area (Å²) >= 11 is 0. The molecule has 0 bridgehead atoms. The van der Waals surface area contributed by atoms with Gasteiger partial charge in [0.05, 0.1) is 0 Å². The van der Waals surface area contributed by atoms with Gasteiger partial charge in [0.1, 0.15) is 0 Å². The molecule has 0 unspecified atom stereocenters. The molecule has 17 rings (SSSR count). The topological polar surface area (TPSA) is 0 Å². The minimum atomic E-state index is 0.447. The maximum Gasteiger partial charge on any atom is -0.000696 e. The average Bonchev–Trinajstić information content (AvgIpc) is 4.31. The number of hydrogen-bond donors (Lipinski definition) is 0. The number of rotatable bonds is 6. The molecule has 0 aliphatic heterocycles. The van der Waals surface area contributed by atoms with Crippen LogP contribution >= 0.6 is 0 Å². The van der Waals surface area contributed by atoms with E-state index in [1.54, 1.807) is 0 Å². The number of fused-ring (bicyclic) bond motifs is 16. The molecule has 0 fully saturated rings. The van der Waals surface area contributed by atoms with Crippen LogP contribution in [0.5, 0.6) is 0 Å². The maximum absolute atomic E-state index is 2.51. The molecule has 0 N–H and O–H groups in total. The molecular weight excluding hydrogens is 913 g/mol. The van der Waals surface area contributed by atoms with Crippen molar-refractivity contribution in [1.29, 1.82) is 0 Å². The SMILES string of the molecule is CC(C)c1ccc(-c2c3cccc4c5cc(C(C)C)ccc5c(c34)c3c4ccc5c6ccc7c8c(-c9ccc(C(C)C)cc9)c9cccc%10c%11cc(C(C)C)ccc%11c(c9%10)c8c8ccc(c9ccc(c23)c4c95)c6c78)cc1. The van der Waals surface area contributed by atoms with Crippen molar-refractivity contribution in [3.63, 3.8) is 0 Å². The molecule has 0 heteroatoms. The number of hydrogen-bond acceptors (Lipinski definition) is 0. The smallest absolute Gasteiger partial charge is 0.000696 e. The summed E-state index contributed by atoms with van der Waals surface area (Å²) in [5, 5.41) is 38.4. The van der Waals surface area contributed by atoms with Crippen LogP contribution in [0.25, 0.3) is 173 Å².